The van der Waals surface area contributed by atoms with Gasteiger partial charge in [-0.3, -0.25) is 0 Å². The SMILES string of the molecule is CC(C)[C@@H](NC(=O)N1CCCS(=O)(=O)CC1)C(=O)O. The Labute approximate surface area is 112 Å². The van der Waals surface area contributed by atoms with Gasteiger partial charge in [-0.1, -0.05) is 13.8 Å². The van der Waals surface area contributed by atoms with E-state index >= 15 is 0 Å². The molecule has 1 rings (SSSR count). The van der Waals surface area contributed by atoms with Crippen LogP contribution in [0.5, 0.6) is 0 Å². The Morgan fingerprint density at radius 2 is 1.84 bits per heavy atom. The predicted molar refractivity (Wildman–Crippen MR) is 69.6 cm³/mol. The Balaban J connectivity index is 2.65. The molecule has 0 aromatic carbocycles. The summed E-state index contributed by atoms with van der Waals surface area (Å²) in [6.07, 6.45) is 0.384. The number of sulfone groups is 1. The summed E-state index contributed by atoms with van der Waals surface area (Å²) < 4.78 is 22.8. The van der Waals surface area contributed by atoms with Crippen molar-refractivity contribution in [3.05, 3.63) is 0 Å². The maximum Gasteiger partial charge on any atom is 0.326 e. The van der Waals surface area contributed by atoms with Crippen LogP contribution >= 0.6 is 0 Å². The molecule has 1 fully saturated rings. The average molecular weight is 292 g/mol. The van der Waals surface area contributed by atoms with E-state index in [1.54, 1.807) is 13.8 Å². The topological polar surface area (TPSA) is 104 Å². The van der Waals surface area contributed by atoms with Gasteiger partial charge in [-0.25, -0.2) is 18.0 Å². The number of carbonyl (C=O) groups is 2. The van der Waals surface area contributed by atoms with Crippen LogP contribution in [0.2, 0.25) is 0 Å². The molecule has 2 N–H and O–H groups in total. The van der Waals surface area contributed by atoms with Gasteiger partial charge in [0.05, 0.1) is 11.5 Å². The molecule has 0 unspecified atom stereocenters. The van der Waals surface area contributed by atoms with Gasteiger partial charge in [0, 0.05) is 13.1 Å². The number of amides is 2. The lowest BCUT2D eigenvalue weighted by molar-refractivity contribution is -0.140. The third-order valence-electron chi connectivity index (χ3n) is 3.05. The third kappa shape index (κ3) is 4.70. The molecule has 0 aliphatic carbocycles. The van der Waals surface area contributed by atoms with Crippen molar-refractivity contribution in [2.45, 2.75) is 26.3 Å². The van der Waals surface area contributed by atoms with Crippen molar-refractivity contribution < 1.29 is 23.1 Å². The second-order valence-corrected chi connectivity index (χ2v) is 7.31. The van der Waals surface area contributed by atoms with E-state index in [2.05, 4.69) is 5.32 Å². The van der Waals surface area contributed by atoms with Crippen molar-refractivity contribution in [1.82, 2.24) is 10.2 Å². The van der Waals surface area contributed by atoms with Crippen molar-refractivity contribution in [2.75, 3.05) is 24.6 Å². The molecule has 2 amide bonds. The molecule has 0 spiro atoms. The number of carboxylic acids is 1. The summed E-state index contributed by atoms with van der Waals surface area (Å²) in [7, 11) is -3.08. The van der Waals surface area contributed by atoms with Gasteiger partial charge in [-0.15, -0.1) is 0 Å². The summed E-state index contributed by atoms with van der Waals surface area (Å²) in [6, 6.07) is -1.48. The van der Waals surface area contributed by atoms with E-state index in [0.29, 0.717) is 13.0 Å². The van der Waals surface area contributed by atoms with Crippen molar-refractivity contribution in [3.8, 4) is 0 Å². The van der Waals surface area contributed by atoms with Crippen LogP contribution < -0.4 is 5.32 Å². The van der Waals surface area contributed by atoms with Crippen molar-refractivity contribution in [2.24, 2.45) is 5.92 Å². The highest BCUT2D eigenvalue weighted by Crippen LogP contribution is 2.07. The fourth-order valence-corrected chi connectivity index (χ4v) is 3.15. The lowest BCUT2D eigenvalue weighted by atomic mass is 10.1. The van der Waals surface area contributed by atoms with Gasteiger partial charge in [-0.05, 0) is 12.3 Å². The lowest BCUT2D eigenvalue weighted by Gasteiger charge is -2.24. The van der Waals surface area contributed by atoms with Gasteiger partial charge in [0.15, 0.2) is 9.84 Å². The molecule has 8 heteroatoms. The second kappa shape index (κ2) is 6.23. The van der Waals surface area contributed by atoms with E-state index in [1.807, 2.05) is 0 Å². The Morgan fingerprint density at radius 1 is 1.21 bits per heavy atom. The highest BCUT2D eigenvalue weighted by atomic mass is 32.2. The minimum absolute atomic E-state index is 0.0696. The van der Waals surface area contributed by atoms with E-state index in [-0.39, 0.29) is 24.0 Å². The molecule has 1 atom stereocenters. The molecule has 0 aromatic rings. The Hall–Kier alpha value is -1.31. The van der Waals surface area contributed by atoms with Crippen molar-refractivity contribution in [1.29, 1.82) is 0 Å². The molecule has 7 nitrogen and oxygen atoms in total. The van der Waals surface area contributed by atoms with Crippen molar-refractivity contribution >= 4 is 21.8 Å². The molecule has 110 valence electrons. The molecule has 1 aliphatic rings. The van der Waals surface area contributed by atoms with Crippen LogP contribution in [0.4, 0.5) is 4.79 Å². The second-order valence-electron chi connectivity index (χ2n) is 5.00. The van der Waals surface area contributed by atoms with E-state index in [1.165, 1.54) is 4.90 Å². The van der Waals surface area contributed by atoms with E-state index in [0.717, 1.165) is 0 Å². The van der Waals surface area contributed by atoms with Gasteiger partial charge in [-0.2, -0.15) is 0 Å². The highest BCUT2D eigenvalue weighted by molar-refractivity contribution is 7.91. The zero-order chi connectivity index (χ0) is 14.6. The van der Waals surface area contributed by atoms with Crippen LogP contribution in [0.25, 0.3) is 0 Å². The average Bonchev–Trinajstić information content (AvgIpc) is 2.46. The monoisotopic (exact) mass is 292 g/mol. The van der Waals surface area contributed by atoms with Crippen LogP contribution in [0.15, 0.2) is 0 Å². The van der Waals surface area contributed by atoms with Crippen LogP contribution in [0.3, 0.4) is 0 Å². The molecular weight excluding hydrogens is 272 g/mol. The van der Waals surface area contributed by atoms with E-state index < -0.39 is 27.9 Å². The molecule has 1 saturated heterocycles. The first kappa shape index (κ1) is 15.7. The fraction of sp³-hybridized carbons (Fsp3) is 0.818. The van der Waals surface area contributed by atoms with Gasteiger partial charge in [0.25, 0.3) is 0 Å². The quantitative estimate of drug-likeness (QED) is 0.757. The summed E-state index contributed by atoms with van der Waals surface area (Å²) in [5, 5.41) is 11.4. The van der Waals surface area contributed by atoms with Crippen molar-refractivity contribution in [3.63, 3.8) is 0 Å². The molecule has 0 saturated carbocycles. The number of hydrogen-bond donors (Lipinski definition) is 2. The predicted octanol–water partition coefficient (Wildman–Crippen LogP) is -0.0743. The molecule has 1 heterocycles. The number of nitrogens with one attached hydrogen (secondary N) is 1. The smallest absolute Gasteiger partial charge is 0.326 e. The number of urea groups is 1. The van der Waals surface area contributed by atoms with Crippen LogP contribution in [-0.4, -0.2) is 61.1 Å². The summed E-state index contributed by atoms with van der Waals surface area (Å²) >= 11 is 0. The Bertz CT molecular complexity index is 446. The highest BCUT2D eigenvalue weighted by Gasteiger charge is 2.28. The summed E-state index contributed by atoms with van der Waals surface area (Å²) in [5.41, 5.74) is 0. The van der Waals surface area contributed by atoms with Crippen LogP contribution in [-0.2, 0) is 14.6 Å². The van der Waals surface area contributed by atoms with Gasteiger partial charge in [0.2, 0.25) is 0 Å². The summed E-state index contributed by atoms with van der Waals surface area (Å²) in [4.78, 5) is 24.3. The standard InChI is InChI=1S/C11H20N2O5S/c1-8(2)9(10(14)15)12-11(16)13-4-3-6-19(17,18)7-5-13/h8-9H,3-7H2,1-2H3,(H,12,16)(H,14,15)/t9-/m1/s1. The summed E-state index contributed by atoms with van der Waals surface area (Å²) in [6.45, 7) is 3.84. The number of nitrogens with zero attached hydrogens (tertiary/aromatic N) is 1. The molecule has 0 bridgehead atoms. The molecular formula is C11H20N2O5S. The zero-order valence-electron chi connectivity index (χ0n) is 11.1. The first-order valence-corrected chi connectivity index (χ1v) is 8.04. The number of carbonyl (C=O) groups excluding carboxylic acids is 1. The van der Waals surface area contributed by atoms with Gasteiger partial charge >= 0.3 is 12.0 Å². The van der Waals surface area contributed by atoms with Crippen LogP contribution in [0.1, 0.15) is 20.3 Å². The Morgan fingerprint density at radius 3 is 2.37 bits per heavy atom. The molecule has 1 aliphatic heterocycles. The van der Waals surface area contributed by atoms with E-state index in [9.17, 15) is 18.0 Å². The Kier molecular flexibility index (Phi) is 5.16. The fourth-order valence-electron chi connectivity index (χ4n) is 1.88. The number of hydrogen-bond acceptors (Lipinski definition) is 4. The molecule has 0 radical (unpaired) electrons. The number of carboxylic acid groups (broad SMARTS) is 1. The van der Waals surface area contributed by atoms with Gasteiger partial charge < -0.3 is 15.3 Å². The third-order valence-corrected chi connectivity index (χ3v) is 4.77. The minimum Gasteiger partial charge on any atom is -0.480 e. The van der Waals surface area contributed by atoms with Crippen LogP contribution in [0, 0.1) is 5.92 Å². The first-order valence-electron chi connectivity index (χ1n) is 6.21. The lowest BCUT2D eigenvalue weighted by Crippen LogP contribution is -2.50. The summed E-state index contributed by atoms with van der Waals surface area (Å²) in [5.74, 6) is -1.33. The zero-order valence-corrected chi connectivity index (χ0v) is 11.9. The van der Waals surface area contributed by atoms with Gasteiger partial charge in [0.1, 0.15) is 6.04 Å². The number of aliphatic carboxylic acids is 1. The normalized spacial score (nSPS) is 20.7. The maximum atomic E-state index is 11.9. The number of rotatable bonds is 3. The molecule has 0 aromatic heterocycles. The largest absolute Gasteiger partial charge is 0.480 e. The molecule has 19 heavy (non-hydrogen) atoms. The maximum absolute atomic E-state index is 11.9. The minimum atomic E-state index is -3.08. The first-order chi connectivity index (χ1) is 8.73. The van der Waals surface area contributed by atoms with E-state index in [4.69, 9.17) is 5.11 Å².